The quantitative estimate of drug-likeness (QED) is 0.591. The molecule has 0 aliphatic rings. The second-order valence-electron chi connectivity index (χ2n) is 4.16. The van der Waals surface area contributed by atoms with Gasteiger partial charge in [0.05, 0.1) is 5.69 Å². The van der Waals surface area contributed by atoms with Gasteiger partial charge < -0.3 is 14.6 Å². The van der Waals surface area contributed by atoms with Gasteiger partial charge in [0.2, 0.25) is 5.88 Å². The summed E-state index contributed by atoms with van der Waals surface area (Å²) in [6, 6.07) is 1.55. The highest BCUT2D eigenvalue weighted by atomic mass is 32.1. The summed E-state index contributed by atoms with van der Waals surface area (Å²) in [5, 5.41) is 11.1. The molecular weight excluding hydrogens is 308 g/mol. The lowest BCUT2D eigenvalue weighted by molar-refractivity contribution is -0.119. The van der Waals surface area contributed by atoms with E-state index in [2.05, 4.69) is 27.4 Å². The van der Waals surface area contributed by atoms with Crippen LogP contribution in [0.4, 0.5) is 11.0 Å². The van der Waals surface area contributed by atoms with Crippen molar-refractivity contribution in [1.82, 2.24) is 10.1 Å². The molecule has 22 heavy (non-hydrogen) atoms. The molecule has 1 amide bonds. The topological polar surface area (TPSA) is 106 Å². The molecular formula is C13H14N4O4S. The van der Waals surface area contributed by atoms with E-state index in [0.29, 0.717) is 17.4 Å². The van der Waals surface area contributed by atoms with E-state index in [1.165, 1.54) is 11.3 Å². The summed E-state index contributed by atoms with van der Waals surface area (Å²) in [6.45, 7) is 5.39. The monoisotopic (exact) mass is 322 g/mol. The predicted octanol–water partition coefficient (Wildman–Crippen LogP) is 1.83. The van der Waals surface area contributed by atoms with Crippen LogP contribution < -0.4 is 10.6 Å². The van der Waals surface area contributed by atoms with Gasteiger partial charge >= 0.3 is 5.97 Å². The van der Waals surface area contributed by atoms with E-state index in [9.17, 15) is 9.59 Å². The van der Waals surface area contributed by atoms with Gasteiger partial charge in [0.25, 0.3) is 5.91 Å². The molecule has 0 aliphatic heterocycles. The van der Waals surface area contributed by atoms with Crippen LogP contribution in [0.3, 0.4) is 0 Å². The maximum absolute atomic E-state index is 11.8. The van der Waals surface area contributed by atoms with Crippen molar-refractivity contribution in [2.24, 2.45) is 0 Å². The van der Waals surface area contributed by atoms with Crippen LogP contribution in [0.5, 0.6) is 0 Å². The standard InChI is InChI=1S/C13H14N4O4S/c1-3-4-14-13-15-9(7-22-13)12(19)20-6-10(18)16-11-5-8(2)17-21-11/h3,5,7H,1,4,6H2,2H3,(H,14,15)(H,16,18). The van der Waals surface area contributed by atoms with E-state index in [-0.39, 0.29) is 11.6 Å². The molecule has 0 saturated heterocycles. The van der Waals surface area contributed by atoms with Gasteiger partial charge in [0.15, 0.2) is 17.4 Å². The maximum atomic E-state index is 11.8. The van der Waals surface area contributed by atoms with Crippen LogP contribution in [0.25, 0.3) is 0 Å². The second-order valence-corrected chi connectivity index (χ2v) is 5.02. The first-order valence-corrected chi connectivity index (χ1v) is 7.17. The van der Waals surface area contributed by atoms with Gasteiger partial charge in [-0.1, -0.05) is 11.2 Å². The zero-order valence-electron chi connectivity index (χ0n) is 11.8. The summed E-state index contributed by atoms with van der Waals surface area (Å²) in [4.78, 5) is 27.4. The van der Waals surface area contributed by atoms with Crippen LogP contribution in [0.1, 0.15) is 16.2 Å². The van der Waals surface area contributed by atoms with E-state index in [1.54, 1.807) is 24.4 Å². The molecule has 0 aliphatic carbocycles. The minimum atomic E-state index is -0.674. The van der Waals surface area contributed by atoms with Crippen molar-refractivity contribution in [3.05, 3.63) is 35.5 Å². The Morgan fingerprint density at radius 1 is 1.55 bits per heavy atom. The molecule has 0 radical (unpaired) electrons. The van der Waals surface area contributed by atoms with Gasteiger partial charge in [0.1, 0.15) is 0 Å². The second kappa shape index (κ2) is 7.36. The summed E-state index contributed by atoms with van der Waals surface area (Å²) < 4.78 is 9.69. The van der Waals surface area contributed by atoms with Crippen molar-refractivity contribution >= 4 is 34.2 Å². The Bertz CT molecular complexity index is 679. The number of hydrogen-bond acceptors (Lipinski definition) is 8. The van der Waals surface area contributed by atoms with Crippen LogP contribution in [0.15, 0.2) is 28.6 Å². The Labute approximate surface area is 130 Å². The van der Waals surface area contributed by atoms with Crippen molar-refractivity contribution in [3.8, 4) is 0 Å². The largest absolute Gasteiger partial charge is 0.451 e. The molecule has 0 fully saturated rings. The smallest absolute Gasteiger partial charge is 0.358 e. The first kappa shape index (κ1) is 15.7. The molecule has 0 spiro atoms. The van der Waals surface area contributed by atoms with E-state index >= 15 is 0 Å². The van der Waals surface area contributed by atoms with Crippen molar-refractivity contribution in [2.45, 2.75) is 6.92 Å². The van der Waals surface area contributed by atoms with Crippen LogP contribution in [-0.2, 0) is 9.53 Å². The third-order valence-corrected chi connectivity index (χ3v) is 3.14. The van der Waals surface area contributed by atoms with Crippen LogP contribution >= 0.6 is 11.3 Å². The molecule has 2 aromatic heterocycles. The number of hydrogen-bond donors (Lipinski definition) is 2. The number of nitrogens with one attached hydrogen (secondary N) is 2. The van der Waals surface area contributed by atoms with Gasteiger partial charge in [-0.25, -0.2) is 9.78 Å². The van der Waals surface area contributed by atoms with E-state index in [0.717, 1.165) is 0 Å². The molecule has 0 atom stereocenters. The number of aromatic nitrogens is 2. The highest BCUT2D eigenvalue weighted by Gasteiger charge is 2.14. The van der Waals surface area contributed by atoms with Crippen molar-refractivity contribution in [1.29, 1.82) is 0 Å². The summed E-state index contributed by atoms with van der Waals surface area (Å²) in [5.74, 6) is -1.00. The van der Waals surface area contributed by atoms with Crippen LogP contribution in [0, 0.1) is 6.92 Å². The number of thiazole rings is 1. The SMILES string of the molecule is C=CCNc1nc(C(=O)OCC(=O)Nc2cc(C)no2)cs1. The molecule has 116 valence electrons. The number of esters is 1. The van der Waals surface area contributed by atoms with Crippen molar-refractivity contribution < 1.29 is 18.8 Å². The molecule has 0 unspecified atom stereocenters. The van der Waals surface area contributed by atoms with Crippen molar-refractivity contribution in [3.63, 3.8) is 0 Å². The number of carbonyl (C=O) groups excluding carboxylic acids is 2. The molecule has 2 aromatic rings. The van der Waals surface area contributed by atoms with Gasteiger partial charge in [-0.2, -0.15) is 0 Å². The summed E-state index contributed by atoms with van der Waals surface area (Å²) in [5.41, 5.74) is 0.772. The number of ether oxygens (including phenoxy) is 1. The van der Waals surface area contributed by atoms with Gasteiger partial charge in [-0.15, -0.1) is 17.9 Å². The molecule has 0 aromatic carbocycles. The Morgan fingerprint density at radius 3 is 3.05 bits per heavy atom. The Kier molecular flexibility index (Phi) is 5.26. The Balaban J connectivity index is 1.80. The van der Waals surface area contributed by atoms with E-state index in [4.69, 9.17) is 9.26 Å². The van der Waals surface area contributed by atoms with Crippen LogP contribution in [0.2, 0.25) is 0 Å². The molecule has 2 rings (SSSR count). The fourth-order valence-electron chi connectivity index (χ4n) is 1.41. The van der Waals surface area contributed by atoms with Crippen molar-refractivity contribution in [2.75, 3.05) is 23.8 Å². The predicted molar refractivity (Wildman–Crippen MR) is 81.0 cm³/mol. The summed E-state index contributed by atoms with van der Waals surface area (Å²) >= 11 is 1.26. The highest BCUT2D eigenvalue weighted by Crippen LogP contribution is 2.15. The molecule has 8 nitrogen and oxygen atoms in total. The molecule has 0 saturated carbocycles. The van der Waals surface area contributed by atoms with Gasteiger partial charge in [0, 0.05) is 18.0 Å². The third kappa shape index (κ3) is 4.42. The van der Waals surface area contributed by atoms with Gasteiger partial charge in [-0.3, -0.25) is 10.1 Å². The molecule has 2 heterocycles. The maximum Gasteiger partial charge on any atom is 0.358 e. The summed E-state index contributed by atoms with van der Waals surface area (Å²) in [7, 11) is 0. The molecule has 2 N–H and O–H groups in total. The van der Waals surface area contributed by atoms with Gasteiger partial charge in [-0.05, 0) is 6.92 Å². The highest BCUT2D eigenvalue weighted by molar-refractivity contribution is 7.13. The number of amides is 1. The fraction of sp³-hybridized carbons (Fsp3) is 0.231. The number of rotatable bonds is 7. The Morgan fingerprint density at radius 2 is 2.36 bits per heavy atom. The first-order chi connectivity index (χ1) is 10.6. The molecule has 9 heteroatoms. The Hall–Kier alpha value is -2.68. The number of nitrogens with zero attached hydrogens (tertiary/aromatic N) is 2. The zero-order chi connectivity index (χ0) is 15.9. The number of carbonyl (C=O) groups is 2. The average Bonchev–Trinajstić information content (AvgIpc) is 3.12. The lowest BCUT2D eigenvalue weighted by Crippen LogP contribution is -2.20. The van der Waals surface area contributed by atoms with E-state index in [1.807, 2.05) is 0 Å². The zero-order valence-corrected chi connectivity index (χ0v) is 12.6. The molecule has 0 bridgehead atoms. The van der Waals surface area contributed by atoms with Crippen LogP contribution in [-0.4, -0.2) is 35.2 Å². The normalized spacial score (nSPS) is 10.0. The lowest BCUT2D eigenvalue weighted by atomic mass is 10.4. The third-order valence-electron chi connectivity index (χ3n) is 2.34. The minimum absolute atomic E-state index is 0.139. The number of aryl methyl sites for hydroxylation is 1. The van der Waals surface area contributed by atoms with E-state index < -0.39 is 18.5 Å². The first-order valence-electron chi connectivity index (χ1n) is 6.29. The summed E-state index contributed by atoms with van der Waals surface area (Å²) in [6.07, 6.45) is 1.68. The number of anilines is 2. The fourth-order valence-corrected chi connectivity index (χ4v) is 2.10. The minimum Gasteiger partial charge on any atom is -0.451 e. The lowest BCUT2D eigenvalue weighted by Gasteiger charge is -2.02. The average molecular weight is 322 g/mol.